The van der Waals surface area contributed by atoms with Crippen LogP contribution < -0.4 is 0 Å². The second-order valence-corrected chi connectivity index (χ2v) is 15.6. The molecule has 0 saturated heterocycles. The topological polar surface area (TPSA) is 92.1 Å². The molecule has 13 aromatic rings. The fourth-order valence-electron chi connectivity index (χ4n) is 9.23. The van der Waals surface area contributed by atoms with Crippen LogP contribution in [0.15, 0.2) is 201 Å². The monoisotopic (exact) mass is 807 g/mol. The van der Waals surface area contributed by atoms with Crippen molar-refractivity contribution >= 4 is 65.8 Å². The van der Waals surface area contributed by atoms with Crippen LogP contribution in [0, 0.1) is 0 Å². The van der Waals surface area contributed by atoms with Crippen molar-refractivity contribution in [2.75, 3.05) is 0 Å². The van der Waals surface area contributed by atoms with Gasteiger partial charge in [0.05, 0.1) is 17.1 Å². The van der Waals surface area contributed by atoms with Gasteiger partial charge in [-0.25, -0.2) is 29.9 Å². The Balaban J connectivity index is 1.16. The zero-order valence-corrected chi connectivity index (χ0v) is 33.6. The summed E-state index contributed by atoms with van der Waals surface area (Å²) in [6.07, 6.45) is 5.49. The van der Waals surface area contributed by atoms with Crippen LogP contribution in [-0.4, -0.2) is 43.6 Å². The van der Waals surface area contributed by atoms with E-state index in [9.17, 15) is 0 Å². The van der Waals surface area contributed by atoms with Crippen molar-refractivity contribution in [3.63, 3.8) is 0 Å². The van der Waals surface area contributed by atoms with Crippen molar-refractivity contribution in [2.45, 2.75) is 0 Å². The van der Waals surface area contributed by atoms with Gasteiger partial charge in [-0.15, -0.1) is 0 Å². The van der Waals surface area contributed by atoms with E-state index in [0.717, 1.165) is 117 Å². The predicted molar refractivity (Wildman–Crippen MR) is 253 cm³/mol. The number of imidazole rings is 3. The molecule has 9 nitrogen and oxygen atoms in total. The molecule has 0 spiro atoms. The average molecular weight is 808 g/mol. The smallest absolute Gasteiger partial charge is 0.164 e. The summed E-state index contributed by atoms with van der Waals surface area (Å²) in [5, 5.41) is 6.66. The molecule has 0 bridgehead atoms. The van der Waals surface area contributed by atoms with E-state index in [1.807, 2.05) is 55.0 Å². The molecule has 0 atom stereocenters. The van der Waals surface area contributed by atoms with Crippen LogP contribution >= 0.6 is 0 Å². The molecule has 294 valence electrons. The summed E-state index contributed by atoms with van der Waals surface area (Å²) in [7, 11) is 0. The zero-order valence-electron chi connectivity index (χ0n) is 33.6. The summed E-state index contributed by atoms with van der Waals surface area (Å²) in [6, 6.07) is 62.9. The third-order valence-electron chi connectivity index (χ3n) is 12.0. The lowest BCUT2D eigenvalue weighted by atomic mass is 10.0. The highest BCUT2D eigenvalue weighted by molar-refractivity contribution is 5.97. The molecule has 0 aliphatic rings. The first-order chi connectivity index (χ1) is 31.2. The number of benzene rings is 7. The van der Waals surface area contributed by atoms with Crippen LogP contribution in [0.25, 0.3) is 117 Å². The van der Waals surface area contributed by atoms with Crippen LogP contribution in [0.4, 0.5) is 0 Å². The SMILES string of the molecule is c1ccc2c(-n3c(-c4cc(-c5nc6cccnc6n5-c5cccc6ccccc56)cc(-c5nc6cccnc6n5-c5cccc6ccccc56)c4)nc4cccnc43)cccc2c1. The third kappa shape index (κ3) is 5.50. The van der Waals surface area contributed by atoms with Crippen molar-refractivity contribution in [3.05, 3.63) is 201 Å². The van der Waals surface area contributed by atoms with Crippen molar-refractivity contribution in [1.82, 2.24) is 43.6 Å². The number of pyridine rings is 3. The van der Waals surface area contributed by atoms with E-state index >= 15 is 0 Å². The minimum atomic E-state index is 0.736. The fourth-order valence-corrected chi connectivity index (χ4v) is 9.23. The van der Waals surface area contributed by atoms with Gasteiger partial charge in [0.25, 0.3) is 0 Å². The maximum atomic E-state index is 5.39. The van der Waals surface area contributed by atoms with Crippen molar-refractivity contribution in [3.8, 4) is 51.2 Å². The number of hydrogen-bond donors (Lipinski definition) is 0. The lowest BCUT2D eigenvalue weighted by molar-refractivity contribution is 1.07. The normalized spacial score (nSPS) is 11.8. The largest absolute Gasteiger partial charge is 0.276 e. The maximum Gasteiger partial charge on any atom is 0.164 e. The molecule has 63 heavy (non-hydrogen) atoms. The Morgan fingerprint density at radius 3 is 0.921 bits per heavy atom. The van der Waals surface area contributed by atoms with Gasteiger partial charge in [0, 0.05) is 51.4 Å². The first kappa shape index (κ1) is 35.0. The number of aromatic nitrogens is 9. The van der Waals surface area contributed by atoms with E-state index in [4.69, 9.17) is 29.9 Å². The average Bonchev–Trinajstić information content (AvgIpc) is 4.06. The number of fused-ring (bicyclic) bond motifs is 6. The molecule has 0 fully saturated rings. The molecule has 7 aromatic carbocycles. The van der Waals surface area contributed by atoms with E-state index in [1.165, 1.54) is 0 Å². The molecule has 0 unspecified atom stereocenters. The Hall–Kier alpha value is -8.82. The van der Waals surface area contributed by atoms with Gasteiger partial charge in [0.15, 0.2) is 16.9 Å². The quantitative estimate of drug-likeness (QED) is 0.166. The van der Waals surface area contributed by atoms with Gasteiger partial charge in [0.2, 0.25) is 0 Å². The molecular formula is C54H33N9. The van der Waals surface area contributed by atoms with Crippen LogP contribution in [0.5, 0.6) is 0 Å². The van der Waals surface area contributed by atoms with Gasteiger partial charge in [-0.3, -0.25) is 13.7 Å². The standard InChI is InChI=1S/C54H33N9/c1-4-19-40-34(13-1)16-7-25-46(40)61-49(58-43-22-10-28-55-52(43)61)37-31-38(50-59-44-23-11-29-56-53(44)62(50)47-26-8-17-35-14-2-5-20-41(35)47)33-39(32-37)51-60-45-24-12-30-57-54(45)63(51)48-27-9-18-36-15-3-6-21-42(36)48/h1-33H. The van der Waals surface area contributed by atoms with Gasteiger partial charge >= 0.3 is 0 Å². The summed E-state index contributed by atoms with van der Waals surface area (Å²) >= 11 is 0. The Labute approximate surface area is 359 Å². The molecule has 0 radical (unpaired) electrons. The first-order valence-electron chi connectivity index (χ1n) is 20.9. The van der Waals surface area contributed by atoms with Gasteiger partial charge in [-0.2, -0.15) is 0 Å². The van der Waals surface area contributed by atoms with Crippen molar-refractivity contribution < 1.29 is 0 Å². The molecule has 9 heteroatoms. The molecule has 0 saturated carbocycles. The van der Waals surface area contributed by atoms with Gasteiger partial charge < -0.3 is 0 Å². The molecular weight excluding hydrogens is 775 g/mol. The number of nitrogens with zero attached hydrogens (tertiary/aromatic N) is 9. The van der Waals surface area contributed by atoms with E-state index in [-0.39, 0.29) is 0 Å². The summed E-state index contributed by atoms with van der Waals surface area (Å²) in [4.78, 5) is 31.0. The number of hydrogen-bond acceptors (Lipinski definition) is 6. The lowest BCUT2D eigenvalue weighted by Crippen LogP contribution is -2.03. The predicted octanol–water partition coefficient (Wildman–Crippen LogP) is 12.3. The van der Waals surface area contributed by atoms with E-state index in [2.05, 4.69) is 159 Å². The summed E-state index contributed by atoms with van der Waals surface area (Å²) in [5.41, 5.74) is 10.2. The lowest BCUT2D eigenvalue weighted by Gasteiger charge is -2.16. The Bertz CT molecular complexity index is 3520. The molecule has 6 aromatic heterocycles. The highest BCUT2D eigenvalue weighted by Gasteiger charge is 2.25. The highest BCUT2D eigenvalue weighted by Crippen LogP contribution is 2.40. The molecule has 0 N–H and O–H groups in total. The molecule has 0 amide bonds. The zero-order chi connectivity index (χ0) is 41.4. The van der Waals surface area contributed by atoms with E-state index in [0.29, 0.717) is 0 Å². The second kappa shape index (κ2) is 13.9. The van der Waals surface area contributed by atoms with Gasteiger partial charge in [-0.1, -0.05) is 109 Å². The van der Waals surface area contributed by atoms with E-state index in [1.54, 1.807) is 0 Å². The molecule has 0 aliphatic carbocycles. The highest BCUT2D eigenvalue weighted by atomic mass is 15.2. The first-order valence-corrected chi connectivity index (χ1v) is 20.9. The summed E-state index contributed by atoms with van der Waals surface area (Å²) in [5.74, 6) is 2.21. The van der Waals surface area contributed by atoms with E-state index < -0.39 is 0 Å². The second-order valence-electron chi connectivity index (χ2n) is 15.6. The Kier molecular flexibility index (Phi) is 7.70. The Morgan fingerprint density at radius 2 is 0.587 bits per heavy atom. The van der Waals surface area contributed by atoms with Gasteiger partial charge in [0.1, 0.15) is 34.0 Å². The maximum absolute atomic E-state index is 5.39. The molecule has 13 rings (SSSR count). The fraction of sp³-hybridized carbons (Fsp3) is 0. The van der Waals surface area contributed by atoms with Crippen LogP contribution in [-0.2, 0) is 0 Å². The minimum Gasteiger partial charge on any atom is -0.276 e. The summed E-state index contributed by atoms with van der Waals surface area (Å²) < 4.78 is 6.56. The molecule has 6 heterocycles. The number of rotatable bonds is 6. The van der Waals surface area contributed by atoms with Crippen LogP contribution in [0.3, 0.4) is 0 Å². The molecule has 0 aliphatic heterocycles. The Morgan fingerprint density at radius 1 is 0.286 bits per heavy atom. The minimum absolute atomic E-state index is 0.736. The van der Waals surface area contributed by atoms with Crippen molar-refractivity contribution in [2.24, 2.45) is 0 Å². The summed E-state index contributed by atoms with van der Waals surface area (Å²) in [6.45, 7) is 0. The van der Waals surface area contributed by atoms with Crippen LogP contribution in [0.1, 0.15) is 0 Å². The van der Waals surface area contributed by atoms with Gasteiger partial charge in [-0.05, 0) is 89.0 Å². The van der Waals surface area contributed by atoms with Crippen LogP contribution in [0.2, 0.25) is 0 Å². The third-order valence-corrected chi connectivity index (χ3v) is 12.0. The van der Waals surface area contributed by atoms with Crippen molar-refractivity contribution in [1.29, 1.82) is 0 Å².